The van der Waals surface area contributed by atoms with Gasteiger partial charge >= 0.3 is 0 Å². The molecule has 0 radical (unpaired) electrons. The summed E-state index contributed by atoms with van der Waals surface area (Å²) in [6, 6.07) is 9.56. The van der Waals surface area contributed by atoms with Crippen LogP contribution < -0.4 is 10.6 Å². The summed E-state index contributed by atoms with van der Waals surface area (Å²) < 4.78 is 0. The Morgan fingerprint density at radius 3 is 2.65 bits per heavy atom. The molecule has 26 heavy (non-hydrogen) atoms. The van der Waals surface area contributed by atoms with Crippen molar-refractivity contribution >= 4 is 23.6 Å². The van der Waals surface area contributed by atoms with Crippen LogP contribution in [-0.2, 0) is 16.1 Å². The molecular weight excluding hydrogens is 336 g/mol. The monoisotopic (exact) mass is 354 g/mol. The van der Waals surface area contributed by atoms with Gasteiger partial charge in [-0.25, -0.2) is 0 Å². The third-order valence-electron chi connectivity index (χ3n) is 3.40. The molecule has 0 fully saturated rings. The van der Waals surface area contributed by atoms with Gasteiger partial charge in [-0.1, -0.05) is 12.1 Å². The number of amides is 2. The molecule has 1 aromatic carbocycles. The largest absolute Gasteiger partial charge is 0.352 e. The Hall–Kier alpha value is -3.55. The highest BCUT2D eigenvalue weighted by Gasteiger charge is 2.05. The van der Waals surface area contributed by atoms with Crippen molar-refractivity contribution < 1.29 is 14.5 Å². The number of aromatic nitrogens is 1. The van der Waals surface area contributed by atoms with Gasteiger partial charge in [-0.3, -0.25) is 24.7 Å². The number of benzene rings is 1. The van der Waals surface area contributed by atoms with Crippen LogP contribution in [0.2, 0.25) is 0 Å². The molecule has 0 saturated heterocycles. The van der Waals surface area contributed by atoms with E-state index < -0.39 is 4.92 Å². The van der Waals surface area contributed by atoms with Gasteiger partial charge in [-0.15, -0.1) is 0 Å². The van der Waals surface area contributed by atoms with Crippen molar-refractivity contribution in [3.05, 3.63) is 76.1 Å². The van der Waals surface area contributed by atoms with Crippen LogP contribution in [0.1, 0.15) is 17.5 Å². The highest BCUT2D eigenvalue weighted by Crippen LogP contribution is 2.13. The first-order valence-electron chi connectivity index (χ1n) is 7.90. The highest BCUT2D eigenvalue weighted by atomic mass is 16.6. The minimum atomic E-state index is -0.498. The molecule has 8 nitrogen and oxygen atoms in total. The van der Waals surface area contributed by atoms with E-state index >= 15 is 0 Å². The van der Waals surface area contributed by atoms with Crippen molar-refractivity contribution in [2.45, 2.75) is 13.0 Å². The Balaban J connectivity index is 1.70. The molecule has 0 spiro atoms. The van der Waals surface area contributed by atoms with Crippen molar-refractivity contribution in [3.63, 3.8) is 0 Å². The second-order valence-electron chi connectivity index (χ2n) is 5.36. The molecule has 134 valence electrons. The molecule has 0 aliphatic rings. The van der Waals surface area contributed by atoms with Crippen LogP contribution in [0, 0.1) is 10.1 Å². The molecule has 2 aromatic rings. The molecule has 0 unspecified atom stereocenters. The third-order valence-corrected chi connectivity index (χ3v) is 3.40. The van der Waals surface area contributed by atoms with Crippen molar-refractivity contribution in [1.29, 1.82) is 0 Å². The second kappa shape index (κ2) is 9.67. The maximum Gasteiger partial charge on any atom is 0.270 e. The average Bonchev–Trinajstić information content (AvgIpc) is 2.66. The molecule has 2 N–H and O–H groups in total. The topological polar surface area (TPSA) is 114 Å². The number of pyridine rings is 1. The normalized spacial score (nSPS) is 10.5. The highest BCUT2D eigenvalue weighted by molar-refractivity contribution is 5.92. The Kier molecular flexibility index (Phi) is 6.99. The number of carbonyl (C=O) groups is 2. The van der Waals surface area contributed by atoms with Gasteiger partial charge in [0.05, 0.1) is 4.92 Å². The number of nitro groups is 1. The van der Waals surface area contributed by atoms with Crippen LogP contribution in [-0.4, -0.2) is 28.3 Å². The van der Waals surface area contributed by atoms with Gasteiger partial charge in [0.2, 0.25) is 11.8 Å². The lowest BCUT2D eigenvalue weighted by Crippen LogP contribution is -2.29. The number of rotatable bonds is 8. The zero-order valence-corrected chi connectivity index (χ0v) is 13.9. The number of nitro benzene ring substituents is 1. The van der Waals surface area contributed by atoms with Crippen LogP contribution in [0.15, 0.2) is 54.9 Å². The van der Waals surface area contributed by atoms with Gasteiger partial charge in [0.15, 0.2) is 0 Å². The van der Waals surface area contributed by atoms with E-state index in [1.54, 1.807) is 36.7 Å². The van der Waals surface area contributed by atoms with Gasteiger partial charge in [0, 0.05) is 50.1 Å². The molecule has 1 aromatic heterocycles. The summed E-state index contributed by atoms with van der Waals surface area (Å²) in [6.07, 6.45) is 6.20. The summed E-state index contributed by atoms with van der Waals surface area (Å²) in [4.78, 5) is 37.5. The van der Waals surface area contributed by atoms with Gasteiger partial charge in [0.25, 0.3) is 5.69 Å². The maximum atomic E-state index is 11.7. The minimum Gasteiger partial charge on any atom is -0.352 e. The summed E-state index contributed by atoms with van der Waals surface area (Å²) in [5.41, 5.74) is 1.44. The maximum absolute atomic E-state index is 11.7. The SMILES string of the molecule is O=C(/C=C\c1cccc([N+](=O)[O-])c1)NCCC(=O)NCc1ccncc1. The molecule has 0 aliphatic heterocycles. The zero-order chi connectivity index (χ0) is 18.8. The fraction of sp³-hybridized carbons (Fsp3) is 0.167. The lowest BCUT2D eigenvalue weighted by molar-refractivity contribution is -0.384. The van der Waals surface area contributed by atoms with E-state index in [0.29, 0.717) is 12.1 Å². The Bertz CT molecular complexity index is 806. The summed E-state index contributed by atoms with van der Waals surface area (Å²) in [5.74, 6) is -0.553. The standard InChI is InChI=1S/C18H18N4O4/c23-17(5-4-14-2-1-3-16(12-14)22(25)26)20-11-8-18(24)21-13-15-6-9-19-10-7-15/h1-7,9-10,12H,8,11,13H2,(H,20,23)(H,21,24)/b5-4-. The summed E-state index contributed by atoms with van der Waals surface area (Å²) in [5, 5.41) is 16.0. The van der Waals surface area contributed by atoms with Crippen LogP contribution >= 0.6 is 0 Å². The summed E-state index contributed by atoms with van der Waals surface area (Å²) in [6.45, 7) is 0.599. The molecule has 0 bridgehead atoms. The van der Waals surface area contributed by atoms with E-state index in [4.69, 9.17) is 0 Å². The quantitative estimate of drug-likeness (QED) is 0.426. The molecule has 2 amide bonds. The minimum absolute atomic E-state index is 0.0431. The van der Waals surface area contributed by atoms with E-state index in [-0.39, 0.29) is 30.5 Å². The Morgan fingerprint density at radius 1 is 1.15 bits per heavy atom. The number of nitrogens with one attached hydrogen (secondary N) is 2. The summed E-state index contributed by atoms with van der Waals surface area (Å²) >= 11 is 0. The van der Waals surface area contributed by atoms with E-state index in [0.717, 1.165) is 5.56 Å². The summed E-state index contributed by atoms with van der Waals surface area (Å²) in [7, 11) is 0. The third kappa shape index (κ3) is 6.52. The second-order valence-corrected chi connectivity index (χ2v) is 5.36. The van der Waals surface area contributed by atoms with Crippen LogP contribution in [0.3, 0.4) is 0 Å². The molecule has 0 atom stereocenters. The first-order chi connectivity index (χ1) is 12.5. The zero-order valence-electron chi connectivity index (χ0n) is 13.9. The lowest BCUT2D eigenvalue weighted by atomic mass is 10.2. The van der Waals surface area contributed by atoms with E-state index in [1.165, 1.54) is 24.3 Å². The van der Waals surface area contributed by atoms with Gasteiger partial charge < -0.3 is 10.6 Å². The Labute approximate surface area is 150 Å². The van der Waals surface area contributed by atoms with Crippen LogP contribution in [0.5, 0.6) is 0 Å². The van der Waals surface area contributed by atoms with Crippen molar-refractivity contribution in [2.75, 3.05) is 6.54 Å². The fourth-order valence-corrected chi connectivity index (χ4v) is 2.06. The smallest absolute Gasteiger partial charge is 0.270 e. The number of nitrogens with zero attached hydrogens (tertiary/aromatic N) is 2. The molecule has 0 saturated carbocycles. The first-order valence-corrected chi connectivity index (χ1v) is 7.90. The van der Waals surface area contributed by atoms with Crippen LogP contribution in [0.4, 0.5) is 5.69 Å². The lowest BCUT2D eigenvalue weighted by Gasteiger charge is -2.05. The van der Waals surface area contributed by atoms with Gasteiger partial charge in [0.1, 0.15) is 0 Å². The molecule has 1 heterocycles. The van der Waals surface area contributed by atoms with E-state index in [9.17, 15) is 19.7 Å². The van der Waals surface area contributed by atoms with Gasteiger partial charge in [-0.2, -0.15) is 0 Å². The van der Waals surface area contributed by atoms with Crippen molar-refractivity contribution in [1.82, 2.24) is 15.6 Å². The number of hydrogen-bond donors (Lipinski definition) is 2. The molecule has 2 rings (SSSR count). The van der Waals surface area contributed by atoms with E-state index in [2.05, 4.69) is 15.6 Å². The number of carbonyl (C=O) groups excluding carboxylic acids is 2. The predicted octanol–water partition coefficient (Wildman–Crippen LogP) is 1.83. The predicted molar refractivity (Wildman–Crippen MR) is 95.8 cm³/mol. The van der Waals surface area contributed by atoms with Crippen molar-refractivity contribution in [3.8, 4) is 0 Å². The molecule has 8 heteroatoms. The van der Waals surface area contributed by atoms with Gasteiger partial charge in [-0.05, 0) is 29.3 Å². The first kappa shape index (κ1) is 18.8. The molecule has 0 aliphatic carbocycles. The fourth-order valence-electron chi connectivity index (χ4n) is 2.06. The van der Waals surface area contributed by atoms with Crippen LogP contribution in [0.25, 0.3) is 6.08 Å². The average molecular weight is 354 g/mol. The molecular formula is C18H18N4O4. The van der Waals surface area contributed by atoms with Crippen molar-refractivity contribution in [2.24, 2.45) is 0 Å². The van der Waals surface area contributed by atoms with E-state index in [1.807, 2.05) is 0 Å². The Morgan fingerprint density at radius 2 is 1.92 bits per heavy atom. The number of hydrogen-bond acceptors (Lipinski definition) is 5. The number of non-ortho nitro benzene ring substituents is 1.